The van der Waals surface area contributed by atoms with Gasteiger partial charge in [-0.3, -0.25) is 9.97 Å². The van der Waals surface area contributed by atoms with E-state index in [9.17, 15) is 9.90 Å². The van der Waals surface area contributed by atoms with Crippen LogP contribution in [0.25, 0.3) is 22.5 Å². The monoisotopic (exact) mass is 490 g/mol. The van der Waals surface area contributed by atoms with Crippen LogP contribution in [0.3, 0.4) is 0 Å². The zero-order chi connectivity index (χ0) is 25.4. The van der Waals surface area contributed by atoms with Crippen LogP contribution >= 0.6 is 0 Å². The van der Waals surface area contributed by atoms with E-state index in [2.05, 4.69) is 29.0 Å². The Morgan fingerprint density at radius 3 is 1.86 bits per heavy atom. The van der Waals surface area contributed by atoms with Gasteiger partial charge in [-0.25, -0.2) is 4.79 Å². The number of pyridine rings is 2. The van der Waals surface area contributed by atoms with Crippen molar-refractivity contribution in [3.8, 4) is 22.5 Å². The van der Waals surface area contributed by atoms with Gasteiger partial charge in [0.15, 0.2) is 0 Å². The minimum Gasteiger partial charge on any atom is -0.462 e. The van der Waals surface area contributed by atoms with Crippen molar-refractivity contribution in [2.45, 2.75) is 40.2 Å². The average Bonchev–Trinajstić information content (AvgIpc) is 2.84. The molecule has 0 saturated heterocycles. The molecule has 4 aromatic rings. The molecule has 2 aromatic carbocycles. The number of aliphatic hydroxyl groups is 1. The first-order valence-electron chi connectivity index (χ1n) is 11.6. The average molecular weight is 491 g/mol. The van der Waals surface area contributed by atoms with E-state index in [4.69, 9.17) is 4.74 Å². The molecule has 0 saturated carbocycles. The van der Waals surface area contributed by atoms with Gasteiger partial charge >= 0.3 is 24.8 Å². The summed E-state index contributed by atoms with van der Waals surface area (Å²) in [5, 5.41) is 10.2. The summed E-state index contributed by atoms with van der Waals surface area (Å²) in [6.07, 6.45) is 3.44. The van der Waals surface area contributed by atoms with Gasteiger partial charge in [-0.2, -0.15) is 0 Å². The number of nitrogens with zero attached hydrogens (tertiary/aromatic N) is 2. The predicted octanol–water partition coefficient (Wildman–Crippen LogP) is 3.97. The first-order valence-corrected chi connectivity index (χ1v) is 11.6. The third kappa shape index (κ3) is 8.68. The van der Waals surface area contributed by atoms with Gasteiger partial charge in [-0.15, -0.1) is 0 Å². The van der Waals surface area contributed by atoms with Gasteiger partial charge in [-0.1, -0.05) is 53.6 Å². The zero-order valence-corrected chi connectivity index (χ0v) is 22.9. The molecule has 5 nitrogen and oxygen atoms in total. The van der Waals surface area contributed by atoms with E-state index < -0.39 is 5.60 Å². The summed E-state index contributed by atoms with van der Waals surface area (Å²) in [4.78, 5) is 20.6. The van der Waals surface area contributed by atoms with Crippen molar-refractivity contribution in [1.29, 1.82) is 0 Å². The van der Waals surface area contributed by atoms with Crippen LogP contribution in [0.15, 0.2) is 85.2 Å². The predicted molar refractivity (Wildman–Crippen MR) is 146 cm³/mol. The van der Waals surface area contributed by atoms with Gasteiger partial charge in [0.05, 0.1) is 29.2 Å². The fraction of sp³-hybridized carbons (Fsp3) is 0.226. The Bertz CT molecular complexity index is 1300. The molecule has 0 fully saturated rings. The number of carbonyl (C=O) groups is 1. The second-order valence-corrected chi connectivity index (χ2v) is 8.82. The molecule has 0 spiro atoms. The normalized spacial score (nSPS) is 10.2. The summed E-state index contributed by atoms with van der Waals surface area (Å²) in [5.74, 6) is -0.331. The summed E-state index contributed by atoms with van der Waals surface area (Å²) in [7, 11) is 0. The van der Waals surface area contributed by atoms with E-state index >= 15 is 0 Å². The maximum absolute atomic E-state index is 11.9. The smallest absolute Gasteiger partial charge is 0.462 e. The van der Waals surface area contributed by atoms with Gasteiger partial charge in [-0.05, 0) is 65.0 Å². The molecular weight excluding hydrogens is 455 g/mol. The van der Waals surface area contributed by atoms with Crippen molar-refractivity contribution >= 4 is 5.97 Å². The molecule has 0 aliphatic rings. The molecule has 0 atom stereocenters. The minimum absolute atomic E-state index is 0. The zero-order valence-electron chi connectivity index (χ0n) is 22.9. The molecule has 37 heavy (non-hydrogen) atoms. The second kappa shape index (κ2) is 14.5. The van der Waals surface area contributed by atoms with E-state index in [1.165, 1.54) is 5.56 Å². The molecule has 0 aliphatic carbocycles. The van der Waals surface area contributed by atoms with Crippen LogP contribution in [0.5, 0.6) is 0 Å². The third-order valence-electron chi connectivity index (χ3n) is 5.35. The maximum Gasteiger partial charge on any atom is 1.00 e. The molecule has 0 amide bonds. The largest absolute Gasteiger partial charge is 1.00 e. The number of ether oxygens (including phenoxy) is 1. The van der Waals surface area contributed by atoms with Crippen molar-refractivity contribution in [2.24, 2.45) is 0 Å². The fourth-order valence-corrected chi connectivity index (χ4v) is 3.72. The van der Waals surface area contributed by atoms with E-state index in [1.807, 2.05) is 55.5 Å². The summed E-state index contributed by atoms with van der Waals surface area (Å²) in [6.45, 7) is 9.78. The molecule has 6 heteroatoms. The molecule has 0 aliphatic heterocycles. The molecular formula is C31H35LiN2O3. The number of aryl methyl sites for hydroxylation is 2. The van der Waals surface area contributed by atoms with Crippen molar-refractivity contribution in [2.75, 3.05) is 6.61 Å². The number of esters is 1. The second-order valence-electron chi connectivity index (χ2n) is 8.82. The summed E-state index contributed by atoms with van der Waals surface area (Å²) in [6, 6.07) is 23.3. The Kier molecular flexibility index (Phi) is 12.5. The Labute approximate surface area is 233 Å². The van der Waals surface area contributed by atoms with Crippen molar-refractivity contribution in [3.05, 3.63) is 115 Å². The molecule has 0 unspecified atom stereocenters. The van der Waals surface area contributed by atoms with E-state index in [-0.39, 0.29) is 32.3 Å². The molecule has 0 bridgehead atoms. The first-order chi connectivity index (χ1) is 16.7. The van der Waals surface area contributed by atoms with E-state index in [0.29, 0.717) is 17.9 Å². The van der Waals surface area contributed by atoms with Gasteiger partial charge < -0.3 is 17.3 Å². The van der Waals surface area contributed by atoms with Crippen LogP contribution in [-0.4, -0.2) is 27.7 Å². The van der Waals surface area contributed by atoms with Crippen LogP contribution < -0.4 is 18.9 Å². The van der Waals surface area contributed by atoms with Crippen LogP contribution in [0.1, 0.15) is 47.8 Å². The van der Waals surface area contributed by atoms with Crippen molar-refractivity contribution in [1.82, 2.24) is 9.97 Å². The van der Waals surface area contributed by atoms with Crippen molar-refractivity contribution in [3.63, 3.8) is 0 Å². The topological polar surface area (TPSA) is 72.3 Å². The standard InChI is InChI=1S/C15H15NO2.C15H17NO.CH3.Li/c1-3-18-15(17)13-8-5-9-16-14(13)12-7-4-6-11(2)10-12;1-11-6-4-7-12(10-11)14-13(15(2,3)17)8-5-9-16-14;;/h4-10H,3H2,1-2H3;4-10,17H,1-3H3;1H3;/q;;-1;+1. The molecule has 2 heterocycles. The third-order valence-corrected chi connectivity index (χ3v) is 5.35. The molecule has 4 rings (SSSR count). The van der Waals surface area contributed by atoms with E-state index in [0.717, 1.165) is 27.9 Å². The maximum atomic E-state index is 11.9. The fourth-order valence-electron chi connectivity index (χ4n) is 3.72. The van der Waals surface area contributed by atoms with Gasteiger partial charge in [0, 0.05) is 29.1 Å². The minimum atomic E-state index is -0.882. The Morgan fingerprint density at radius 1 is 0.838 bits per heavy atom. The van der Waals surface area contributed by atoms with Gasteiger partial charge in [0.25, 0.3) is 0 Å². The van der Waals surface area contributed by atoms with E-state index in [1.54, 1.807) is 45.3 Å². The number of hydrogen-bond acceptors (Lipinski definition) is 5. The Balaban J connectivity index is 0.000000351. The summed E-state index contributed by atoms with van der Waals surface area (Å²) >= 11 is 0. The van der Waals surface area contributed by atoms with Crippen molar-refractivity contribution < 1.29 is 33.5 Å². The number of benzene rings is 2. The number of aromatic nitrogens is 2. The number of hydrogen-bond donors (Lipinski definition) is 1. The Hall–Kier alpha value is -3.23. The first kappa shape index (κ1) is 31.8. The molecule has 0 radical (unpaired) electrons. The van der Waals surface area contributed by atoms with Crippen LogP contribution in [-0.2, 0) is 10.3 Å². The molecule has 188 valence electrons. The van der Waals surface area contributed by atoms with Crippen LogP contribution in [0, 0.1) is 21.3 Å². The quantitative estimate of drug-likeness (QED) is 0.260. The number of carbonyl (C=O) groups excluding carboxylic acids is 1. The summed E-state index contributed by atoms with van der Waals surface area (Å²) in [5.41, 5.74) is 6.29. The van der Waals surface area contributed by atoms with Crippen LogP contribution in [0.2, 0.25) is 0 Å². The number of rotatable bonds is 5. The van der Waals surface area contributed by atoms with Gasteiger partial charge in [0.1, 0.15) is 0 Å². The SMILES string of the molecule is CCOC(=O)c1cccnc1-c1cccc(C)c1.Cc1cccc(-c2ncccc2C(C)(C)O)c1.[CH3-].[Li+]. The molecule has 1 N–H and O–H groups in total. The van der Waals surface area contributed by atoms with Crippen LogP contribution in [0.4, 0.5) is 0 Å². The Morgan fingerprint density at radius 2 is 1.35 bits per heavy atom. The molecule has 2 aromatic heterocycles. The van der Waals surface area contributed by atoms with Gasteiger partial charge in [0.2, 0.25) is 0 Å². The summed E-state index contributed by atoms with van der Waals surface area (Å²) < 4.78 is 5.04.